The van der Waals surface area contributed by atoms with Crippen LogP contribution in [0.1, 0.15) is 103 Å². The summed E-state index contributed by atoms with van der Waals surface area (Å²) in [6.07, 6.45) is 32.0. The maximum absolute atomic E-state index is 2.40. The van der Waals surface area contributed by atoms with Crippen molar-refractivity contribution in [3.8, 4) is 0 Å². The molecule has 0 aromatic carbocycles. The molecule has 0 radical (unpaired) electrons. The van der Waals surface area contributed by atoms with Crippen LogP contribution in [0.2, 0.25) is 0 Å². The first kappa shape index (κ1) is 17.5. The molecule has 0 amide bonds. The molecule has 1 rings (SSSR count). The second-order valence-electron chi connectivity index (χ2n) is 6.34. The predicted octanol–water partition coefficient (Wildman–Crippen LogP) is 7.35. The number of hydrogen-bond acceptors (Lipinski definition) is 0. The molecule has 0 N–H and O–H groups in total. The minimum absolute atomic E-state index is 1.27. The highest BCUT2D eigenvalue weighted by Crippen LogP contribution is 2.13. The van der Waals surface area contributed by atoms with Crippen molar-refractivity contribution in [3.05, 3.63) is 24.3 Å². The van der Waals surface area contributed by atoms with E-state index in [1.807, 2.05) is 0 Å². The molecule has 0 saturated heterocycles. The summed E-state index contributed by atoms with van der Waals surface area (Å²) in [5.41, 5.74) is 0. The van der Waals surface area contributed by atoms with Crippen molar-refractivity contribution in [2.45, 2.75) is 103 Å². The molecular formula is C20H36. The summed E-state index contributed by atoms with van der Waals surface area (Å²) in [4.78, 5) is 0. The molecule has 0 fully saturated rings. The van der Waals surface area contributed by atoms with Crippen molar-refractivity contribution in [3.63, 3.8) is 0 Å². The maximum atomic E-state index is 2.40. The van der Waals surface area contributed by atoms with Crippen molar-refractivity contribution in [2.24, 2.45) is 0 Å². The van der Waals surface area contributed by atoms with Gasteiger partial charge < -0.3 is 0 Å². The van der Waals surface area contributed by atoms with Crippen LogP contribution >= 0.6 is 0 Å². The van der Waals surface area contributed by atoms with Gasteiger partial charge in [-0.25, -0.2) is 0 Å². The molecule has 0 unspecified atom stereocenters. The lowest BCUT2D eigenvalue weighted by Gasteiger charge is -2.02. The van der Waals surface area contributed by atoms with Crippen LogP contribution in [-0.4, -0.2) is 0 Å². The largest absolute Gasteiger partial charge is 0.0885 e. The first-order valence-corrected chi connectivity index (χ1v) is 9.30. The van der Waals surface area contributed by atoms with E-state index in [0.717, 1.165) is 0 Å². The highest BCUT2D eigenvalue weighted by molar-refractivity contribution is 4.85. The summed E-state index contributed by atoms with van der Waals surface area (Å²) in [5.74, 6) is 0. The van der Waals surface area contributed by atoms with E-state index in [9.17, 15) is 0 Å². The van der Waals surface area contributed by atoms with Crippen LogP contribution < -0.4 is 0 Å². The smallest absolute Gasteiger partial charge is 0.0348 e. The Morgan fingerprint density at radius 3 is 0.850 bits per heavy atom. The molecule has 0 aromatic heterocycles. The summed E-state index contributed by atoms with van der Waals surface area (Å²) >= 11 is 0. The molecule has 0 nitrogen and oxygen atoms in total. The fourth-order valence-electron chi connectivity index (χ4n) is 2.94. The SMILES string of the molecule is C1=CCCCCCCCCCCCCC/C=C/CCC1. The summed E-state index contributed by atoms with van der Waals surface area (Å²) in [7, 11) is 0. The molecular weight excluding hydrogens is 240 g/mol. The van der Waals surface area contributed by atoms with Gasteiger partial charge in [0, 0.05) is 0 Å². The van der Waals surface area contributed by atoms with Gasteiger partial charge in [0.2, 0.25) is 0 Å². The zero-order valence-electron chi connectivity index (χ0n) is 13.6. The molecule has 20 heavy (non-hydrogen) atoms. The van der Waals surface area contributed by atoms with Crippen molar-refractivity contribution in [1.29, 1.82) is 0 Å². The van der Waals surface area contributed by atoms with Gasteiger partial charge in [0.15, 0.2) is 0 Å². The van der Waals surface area contributed by atoms with Crippen LogP contribution in [0.15, 0.2) is 24.3 Å². The fourth-order valence-corrected chi connectivity index (χ4v) is 2.94. The van der Waals surface area contributed by atoms with Crippen molar-refractivity contribution < 1.29 is 0 Å². The first-order valence-electron chi connectivity index (χ1n) is 9.30. The van der Waals surface area contributed by atoms with Gasteiger partial charge in [-0.15, -0.1) is 0 Å². The van der Waals surface area contributed by atoms with Gasteiger partial charge in [0.1, 0.15) is 0 Å². The highest BCUT2D eigenvalue weighted by Gasteiger charge is 1.93. The van der Waals surface area contributed by atoms with Crippen LogP contribution in [0.4, 0.5) is 0 Å². The molecule has 0 atom stereocenters. The van der Waals surface area contributed by atoms with Crippen molar-refractivity contribution in [1.82, 2.24) is 0 Å². The van der Waals surface area contributed by atoms with E-state index in [1.165, 1.54) is 103 Å². The molecule has 0 aliphatic heterocycles. The van der Waals surface area contributed by atoms with Gasteiger partial charge in [-0.3, -0.25) is 0 Å². The van der Waals surface area contributed by atoms with E-state index in [0.29, 0.717) is 0 Å². The van der Waals surface area contributed by atoms with Crippen LogP contribution in [0.5, 0.6) is 0 Å². The lowest BCUT2D eigenvalue weighted by Crippen LogP contribution is -1.82. The highest BCUT2D eigenvalue weighted by atomic mass is 14.0. The van der Waals surface area contributed by atoms with Crippen molar-refractivity contribution in [2.75, 3.05) is 0 Å². The molecule has 0 bridgehead atoms. The topological polar surface area (TPSA) is 0 Å². The zero-order chi connectivity index (χ0) is 14.1. The average Bonchev–Trinajstić information content (AvgIpc) is 2.46. The Morgan fingerprint density at radius 2 is 0.500 bits per heavy atom. The summed E-state index contributed by atoms with van der Waals surface area (Å²) in [6.45, 7) is 0. The lowest BCUT2D eigenvalue weighted by molar-refractivity contribution is 0.547. The van der Waals surface area contributed by atoms with E-state index in [1.54, 1.807) is 0 Å². The second-order valence-corrected chi connectivity index (χ2v) is 6.34. The molecule has 116 valence electrons. The Kier molecular flexibility index (Phi) is 13.0. The Labute approximate surface area is 127 Å². The minimum Gasteiger partial charge on any atom is -0.0885 e. The van der Waals surface area contributed by atoms with Gasteiger partial charge in [-0.05, 0) is 44.9 Å². The predicted molar refractivity (Wildman–Crippen MR) is 92.2 cm³/mol. The zero-order valence-corrected chi connectivity index (χ0v) is 13.6. The van der Waals surface area contributed by atoms with Crippen LogP contribution in [0.3, 0.4) is 0 Å². The second kappa shape index (κ2) is 14.9. The lowest BCUT2D eigenvalue weighted by atomic mass is 10.0. The summed E-state index contributed by atoms with van der Waals surface area (Å²) < 4.78 is 0. The van der Waals surface area contributed by atoms with E-state index < -0.39 is 0 Å². The quantitative estimate of drug-likeness (QED) is 0.405. The van der Waals surface area contributed by atoms with Gasteiger partial charge in [-0.1, -0.05) is 82.1 Å². The number of allylic oxidation sites excluding steroid dienone is 4. The fraction of sp³-hybridized carbons (Fsp3) is 0.800. The third kappa shape index (κ3) is 12.5. The van der Waals surface area contributed by atoms with E-state index in [4.69, 9.17) is 0 Å². The van der Waals surface area contributed by atoms with Crippen molar-refractivity contribution >= 4 is 0 Å². The Bertz CT molecular complexity index is 212. The molecule has 1 aliphatic carbocycles. The first-order chi connectivity index (χ1) is 10.0. The average molecular weight is 277 g/mol. The number of hydrogen-bond donors (Lipinski definition) is 0. The molecule has 1 aliphatic rings. The van der Waals surface area contributed by atoms with Gasteiger partial charge in [0.05, 0.1) is 0 Å². The van der Waals surface area contributed by atoms with E-state index in [-0.39, 0.29) is 0 Å². The van der Waals surface area contributed by atoms with Gasteiger partial charge in [0.25, 0.3) is 0 Å². The van der Waals surface area contributed by atoms with Gasteiger partial charge in [-0.2, -0.15) is 0 Å². The molecule has 0 heteroatoms. The Morgan fingerprint density at radius 1 is 0.250 bits per heavy atom. The molecule has 0 saturated carbocycles. The van der Waals surface area contributed by atoms with Crippen LogP contribution in [-0.2, 0) is 0 Å². The van der Waals surface area contributed by atoms with Crippen LogP contribution in [0, 0.1) is 0 Å². The third-order valence-corrected chi connectivity index (χ3v) is 4.32. The normalized spacial score (nSPS) is 24.0. The van der Waals surface area contributed by atoms with Crippen LogP contribution in [0.25, 0.3) is 0 Å². The van der Waals surface area contributed by atoms with Gasteiger partial charge >= 0.3 is 0 Å². The minimum atomic E-state index is 1.27. The number of rotatable bonds is 0. The Hall–Kier alpha value is -0.520. The third-order valence-electron chi connectivity index (χ3n) is 4.32. The molecule has 0 aromatic rings. The summed E-state index contributed by atoms with van der Waals surface area (Å²) in [6, 6.07) is 0. The molecule has 0 spiro atoms. The molecule has 0 heterocycles. The monoisotopic (exact) mass is 276 g/mol. The van der Waals surface area contributed by atoms with E-state index >= 15 is 0 Å². The summed E-state index contributed by atoms with van der Waals surface area (Å²) in [5, 5.41) is 0. The standard InChI is InChI=1S/C20H36/c1-2-4-6-8-10-12-14-16-18-20-19-17-15-13-11-9-7-5-3-1/h1-2,9,11H,3-8,10,12-20H2/b2-1+,11-9?. The van der Waals surface area contributed by atoms with E-state index in [2.05, 4.69) is 24.3 Å². The Balaban J connectivity index is 2.11. The maximum Gasteiger partial charge on any atom is -0.0348 e.